The zero-order chi connectivity index (χ0) is 23.2. The number of para-hydroxylation sites is 1. The fourth-order valence-electron chi connectivity index (χ4n) is 4.67. The Kier molecular flexibility index (Phi) is 7.37. The van der Waals surface area contributed by atoms with Crippen molar-refractivity contribution in [1.82, 2.24) is 25.2 Å². The molecule has 1 heterocycles. The van der Waals surface area contributed by atoms with Crippen LogP contribution in [-0.2, 0) is 16.1 Å². The van der Waals surface area contributed by atoms with Crippen LogP contribution in [-0.4, -0.2) is 44.3 Å². The number of benzene rings is 2. The van der Waals surface area contributed by atoms with Gasteiger partial charge in [-0.2, -0.15) is 0 Å². The molecule has 1 atom stereocenters. The number of unbranched alkanes of at least 4 members (excludes halogenated alkanes) is 1. The van der Waals surface area contributed by atoms with E-state index in [1.807, 2.05) is 55.5 Å². The molecular weight excluding hydrogens is 414 g/mol. The molecule has 0 bridgehead atoms. The molecule has 1 fully saturated rings. The molecule has 1 unspecified atom stereocenters. The molecule has 4 rings (SSSR count). The van der Waals surface area contributed by atoms with Crippen molar-refractivity contribution in [2.75, 3.05) is 6.54 Å². The number of nitrogens with zero attached hydrogens (tertiary/aromatic N) is 4. The topological polar surface area (TPSA) is 80.1 Å². The van der Waals surface area contributed by atoms with E-state index in [2.05, 4.69) is 22.6 Å². The van der Waals surface area contributed by atoms with E-state index in [0.717, 1.165) is 60.7 Å². The Labute approximate surface area is 195 Å². The maximum Gasteiger partial charge on any atom is 0.247 e. The molecule has 33 heavy (non-hydrogen) atoms. The number of aryl methyl sites for hydroxylation is 1. The highest BCUT2D eigenvalue weighted by Crippen LogP contribution is 2.27. The van der Waals surface area contributed by atoms with Gasteiger partial charge in [0.1, 0.15) is 18.1 Å². The van der Waals surface area contributed by atoms with Crippen molar-refractivity contribution in [3.8, 4) is 0 Å². The molecule has 1 aliphatic carbocycles. The van der Waals surface area contributed by atoms with Crippen molar-refractivity contribution >= 4 is 22.8 Å². The highest BCUT2D eigenvalue weighted by Gasteiger charge is 2.33. The fourth-order valence-corrected chi connectivity index (χ4v) is 4.67. The second-order valence-electron chi connectivity index (χ2n) is 8.93. The van der Waals surface area contributed by atoms with Crippen molar-refractivity contribution in [2.45, 2.75) is 71.0 Å². The van der Waals surface area contributed by atoms with Crippen LogP contribution in [0, 0.1) is 6.92 Å². The Morgan fingerprint density at radius 1 is 1.12 bits per heavy atom. The molecule has 2 amide bonds. The Bertz CT molecular complexity index is 1100. The fraction of sp³-hybridized carbons (Fsp3) is 0.462. The van der Waals surface area contributed by atoms with E-state index in [1.54, 1.807) is 9.58 Å². The first-order chi connectivity index (χ1) is 16.1. The van der Waals surface area contributed by atoms with E-state index in [0.29, 0.717) is 6.54 Å². The Hall–Kier alpha value is -3.22. The standard InChI is InChI=1S/C26H33N5O2/c1-3-4-17-30(24(32)18-31-23-16-10-9-15-22(23)28-29-31)25(21-14-8-5-11-19(21)2)26(33)27-20-12-6-7-13-20/h5,8-11,14-16,20,25H,3-4,6-7,12-13,17-18H2,1-2H3,(H,27,33). The lowest BCUT2D eigenvalue weighted by atomic mass is 9.98. The minimum Gasteiger partial charge on any atom is -0.351 e. The van der Waals surface area contributed by atoms with Gasteiger partial charge in [0.2, 0.25) is 11.8 Å². The first-order valence-electron chi connectivity index (χ1n) is 12.0. The van der Waals surface area contributed by atoms with Crippen LogP contribution in [0.25, 0.3) is 11.0 Å². The maximum absolute atomic E-state index is 13.7. The summed E-state index contributed by atoms with van der Waals surface area (Å²) in [5.41, 5.74) is 3.44. The molecule has 174 valence electrons. The predicted octanol–water partition coefficient (Wildman–Crippen LogP) is 4.17. The molecule has 0 saturated heterocycles. The number of nitrogens with one attached hydrogen (secondary N) is 1. The first-order valence-corrected chi connectivity index (χ1v) is 12.0. The average Bonchev–Trinajstić information content (AvgIpc) is 3.47. The van der Waals surface area contributed by atoms with E-state index < -0.39 is 6.04 Å². The third-order valence-corrected chi connectivity index (χ3v) is 6.52. The summed E-state index contributed by atoms with van der Waals surface area (Å²) in [6.07, 6.45) is 6.03. The molecule has 0 spiro atoms. The minimum atomic E-state index is -0.666. The first kappa shape index (κ1) is 23.0. The van der Waals surface area contributed by atoms with Crippen LogP contribution < -0.4 is 5.32 Å². The van der Waals surface area contributed by atoms with Crippen LogP contribution in [0.4, 0.5) is 0 Å². The Morgan fingerprint density at radius 3 is 2.61 bits per heavy atom. The van der Waals surface area contributed by atoms with Gasteiger partial charge in [0.25, 0.3) is 0 Å². The van der Waals surface area contributed by atoms with Crippen LogP contribution >= 0.6 is 0 Å². The quantitative estimate of drug-likeness (QED) is 0.534. The van der Waals surface area contributed by atoms with Crippen LogP contribution in [0.2, 0.25) is 0 Å². The van der Waals surface area contributed by atoms with Crippen molar-refractivity contribution in [3.63, 3.8) is 0 Å². The van der Waals surface area contributed by atoms with Gasteiger partial charge in [-0.15, -0.1) is 5.10 Å². The Balaban J connectivity index is 1.66. The van der Waals surface area contributed by atoms with Gasteiger partial charge >= 0.3 is 0 Å². The normalized spacial score (nSPS) is 15.0. The molecule has 0 radical (unpaired) electrons. The number of carbonyl (C=O) groups is 2. The van der Waals surface area contributed by atoms with Gasteiger partial charge in [0, 0.05) is 12.6 Å². The third-order valence-electron chi connectivity index (χ3n) is 6.52. The SMILES string of the molecule is CCCCN(C(=O)Cn1nnc2ccccc21)C(C(=O)NC1CCCC1)c1ccccc1C. The molecule has 7 heteroatoms. The van der Waals surface area contributed by atoms with Gasteiger partial charge in [-0.3, -0.25) is 9.59 Å². The van der Waals surface area contributed by atoms with Gasteiger partial charge in [-0.1, -0.05) is 67.8 Å². The summed E-state index contributed by atoms with van der Waals surface area (Å²) in [7, 11) is 0. The molecular formula is C26H33N5O2. The lowest BCUT2D eigenvalue weighted by Crippen LogP contribution is -2.47. The lowest BCUT2D eigenvalue weighted by Gasteiger charge is -2.33. The number of aromatic nitrogens is 3. The number of amides is 2. The van der Waals surface area contributed by atoms with E-state index in [-0.39, 0.29) is 24.4 Å². The van der Waals surface area contributed by atoms with Crippen LogP contribution in [0.1, 0.15) is 62.6 Å². The molecule has 0 aliphatic heterocycles. The van der Waals surface area contributed by atoms with Crippen LogP contribution in [0.3, 0.4) is 0 Å². The molecule has 1 N–H and O–H groups in total. The zero-order valence-corrected chi connectivity index (χ0v) is 19.5. The monoisotopic (exact) mass is 447 g/mol. The van der Waals surface area contributed by atoms with Crippen LogP contribution in [0.5, 0.6) is 0 Å². The van der Waals surface area contributed by atoms with Crippen molar-refractivity contribution in [3.05, 3.63) is 59.7 Å². The third kappa shape index (κ3) is 5.24. The summed E-state index contributed by atoms with van der Waals surface area (Å²) in [6.45, 7) is 4.65. The average molecular weight is 448 g/mol. The molecule has 1 aromatic heterocycles. The van der Waals surface area contributed by atoms with Crippen molar-refractivity contribution < 1.29 is 9.59 Å². The van der Waals surface area contributed by atoms with Crippen molar-refractivity contribution in [2.24, 2.45) is 0 Å². The second kappa shape index (κ2) is 10.6. The minimum absolute atomic E-state index is 0.0450. The van der Waals surface area contributed by atoms with Gasteiger partial charge in [-0.05, 0) is 49.4 Å². The van der Waals surface area contributed by atoms with E-state index in [1.165, 1.54) is 0 Å². The molecule has 7 nitrogen and oxygen atoms in total. The van der Waals surface area contributed by atoms with Crippen LogP contribution in [0.15, 0.2) is 48.5 Å². The number of rotatable bonds is 9. The largest absolute Gasteiger partial charge is 0.351 e. The smallest absolute Gasteiger partial charge is 0.247 e. The molecule has 2 aromatic carbocycles. The maximum atomic E-state index is 13.7. The summed E-state index contributed by atoms with van der Waals surface area (Å²) in [6, 6.07) is 15.0. The summed E-state index contributed by atoms with van der Waals surface area (Å²) in [5.74, 6) is -0.224. The van der Waals surface area contributed by atoms with E-state index in [4.69, 9.17) is 0 Å². The lowest BCUT2D eigenvalue weighted by molar-refractivity contribution is -0.141. The summed E-state index contributed by atoms with van der Waals surface area (Å²) >= 11 is 0. The van der Waals surface area contributed by atoms with E-state index in [9.17, 15) is 9.59 Å². The highest BCUT2D eigenvalue weighted by atomic mass is 16.2. The van der Waals surface area contributed by atoms with Gasteiger partial charge in [0.15, 0.2) is 0 Å². The van der Waals surface area contributed by atoms with Gasteiger partial charge in [0.05, 0.1) is 5.52 Å². The van der Waals surface area contributed by atoms with E-state index >= 15 is 0 Å². The van der Waals surface area contributed by atoms with Crippen molar-refractivity contribution in [1.29, 1.82) is 0 Å². The number of fused-ring (bicyclic) bond motifs is 1. The summed E-state index contributed by atoms with van der Waals surface area (Å²) in [4.78, 5) is 29.1. The molecule has 1 saturated carbocycles. The highest BCUT2D eigenvalue weighted by molar-refractivity contribution is 5.89. The molecule has 1 aliphatic rings. The summed E-state index contributed by atoms with van der Waals surface area (Å²) < 4.78 is 1.63. The second-order valence-corrected chi connectivity index (χ2v) is 8.93. The van der Waals surface area contributed by atoms with Gasteiger partial charge in [-0.25, -0.2) is 4.68 Å². The Morgan fingerprint density at radius 2 is 1.85 bits per heavy atom. The predicted molar refractivity (Wildman–Crippen MR) is 128 cm³/mol. The number of carbonyl (C=O) groups excluding carboxylic acids is 2. The number of hydrogen-bond acceptors (Lipinski definition) is 4. The summed E-state index contributed by atoms with van der Waals surface area (Å²) in [5, 5.41) is 11.6. The molecule has 3 aromatic rings. The van der Waals surface area contributed by atoms with Gasteiger partial charge < -0.3 is 10.2 Å². The zero-order valence-electron chi connectivity index (χ0n) is 19.5. The number of hydrogen-bond donors (Lipinski definition) is 1.